The van der Waals surface area contributed by atoms with Crippen LogP contribution in [0.15, 0.2) is 12.3 Å². The Hall–Kier alpha value is -1.29. The van der Waals surface area contributed by atoms with Crippen molar-refractivity contribution in [2.75, 3.05) is 12.3 Å². The predicted molar refractivity (Wildman–Crippen MR) is 68.0 cm³/mol. The number of carbonyl (C=O) groups excluding carboxylic acids is 1. The van der Waals surface area contributed by atoms with Gasteiger partial charge in [0.15, 0.2) is 0 Å². The lowest BCUT2D eigenvalue weighted by molar-refractivity contribution is 0.0949. The molecule has 0 radical (unpaired) electrons. The monoisotopic (exact) mass is 253 g/mol. The Morgan fingerprint density at radius 3 is 3.00 bits per heavy atom. The minimum atomic E-state index is -0.200. The topological polar surface area (TPSA) is 68.0 Å². The number of hydrogen-bond acceptors (Lipinski definition) is 3. The van der Waals surface area contributed by atoms with Crippen molar-refractivity contribution in [1.29, 1.82) is 0 Å². The van der Waals surface area contributed by atoms with Gasteiger partial charge in [0.05, 0.1) is 17.4 Å². The normalized spacial score (nSPS) is 15.4. The first kappa shape index (κ1) is 12.2. The number of halogens is 1. The molecule has 4 nitrogen and oxygen atoms in total. The van der Waals surface area contributed by atoms with Crippen molar-refractivity contribution in [2.45, 2.75) is 25.7 Å². The largest absolute Gasteiger partial charge is 0.397 e. The smallest absolute Gasteiger partial charge is 0.254 e. The van der Waals surface area contributed by atoms with E-state index >= 15 is 0 Å². The van der Waals surface area contributed by atoms with Crippen molar-refractivity contribution in [2.24, 2.45) is 5.92 Å². The molecule has 5 heteroatoms. The van der Waals surface area contributed by atoms with Crippen LogP contribution in [0, 0.1) is 5.92 Å². The first-order valence-corrected chi connectivity index (χ1v) is 6.24. The Morgan fingerprint density at radius 2 is 2.35 bits per heavy atom. The Labute approximate surface area is 106 Å². The maximum Gasteiger partial charge on any atom is 0.254 e. The van der Waals surface area contributed by atoms with Gasteiger partial charge in [-0.3, -0.25) is 4.79 Å². The lowest BCUT2D eigenvalue weighted by Gasteiger charge is -2.25. The fourth-order valence-electron chi connectivity index (χ4n) is 1.89. The number of nitrogens with one attached hydrogen (secondary N) is 1. The molecule has 1 aromatic heterocycles. The second-order valence-corrected chi connectivity index (χ2v) is 4.81. The number of carbonyl (C=O) groups is 1. The van der Waals surface area contributed by atoms with Crippen LogP contribution in [0.3, 0.4) is 0 Å². The molecule has 1 fully saturated rings. The highest BCUT2D eigenvalue weighted by Gasteiger charge is 2.17. The molecule has 0 spiro atoms. The third-order valence-electron chi connectivity index (χ3n) is 3.17. The van der Waals surface area contributed by atoms with E-state index in [0.717, 1.165) is 12.3 Å². The van der Waals surface area contributed by atoms with E-state index in [4.69, 9.17) is 17.3 Å². The van der Waals surface area contributed by atoms with E-state index in [1.54, 1.807) is 6.07 Å². The zero-order chi connectivity index (χ0) is 12.3. The summed E-state index contributed by atoms with van der Waals surface area (Å²) in [5.74, 6) is 0.582. The summed E-state index contributed by atoms with van der Waals surface area (Å²) in [5, 5.41) is 3.04. The van der Waals surface area contributed by atoms with Crippen LogP contribution in [0.2, 0.25) is 5.15 Å². The zero-order valence-corrected chi connectivity index (χ0v) is 10.3. The van der Waals surface area contributed by atoms with E-state index in [0.29, 0.717) is 17.8 Å². The molecule has 3 N–H and O–H groups in total. The number of aromatic nitrogens is 1. The number of hydrogen-bond donors (Lipinski definition) is 2. The molecule has 1 heterocycles. The molecule has 1 saturated carbocycles. The molecule has 0 saturated heterocycles. The number of rotatable bonds is 4. The molecule has 0 atom stereocenters. The zero-order valence-electron chi connectivity index (χ0n) is 9.58. The molecule has 17 heavy (non-hydrogen) atoms. The first-order valence-electron chi connectivity index (χ1n) is 5.86. The standard InChI is InChI=1S/C12H16ClN3O/c13-11-10(6-9(14)7-16-11)12(17)15-5-4-8-2-1-3-8/h6-8H,1-5,14H2,(H,15,17). The van der Waals surface area contributed by atoms with Gasteiger partial charge in [0.2, 0.25) is 0 Å². The van der Waals surface area contributed by atoms with Gasteiger partial charge in [-0.25, -0.2) is 4.98 Å². The highest BCUT2D eigenvalue weighted by Crippen LogP contribution is 2.28. The van der Waals surface area contributed by atoms with Gasteiger partial charge in [-0.2, -0.15) is 0 Å². The lowest BCUT2D eigenvalue weighted by Crippen LogP contribution is -2.27. The Kier molecular flexibility index (Phi) is 3.84. The van der Waals surface area contributed by atoms with Gasteiger partial charge >= 0.3 is 0 Å². The quantitative estimate of drug-likeness (QED) is 0.809. The predicted octanol–water partition coefficient (Wildman–Crippen LogP) is 2.24. The summed E-state index contributed by atoms with van der Waals surface area (Å²) in [7, 11) is 0. The second kappa shape index (κ2) is 5.36. The number of nitrogen functional groups attached to an aromatic ring is 1. The van der Waals surface area contributed by atoms with E-state index in [1.807, 2.05) is 0 Å². The Bertz CT molecular complexity index is 418. The van der Waals surface area contributed by atoms with E-state index in [1.165, 1.54) is 25.5 Å². The van der Waals surface area contributed by atoms with Crippen molar-refractivity contribution in [3.05, 3.63) is 23.0 Å². The lowest BCUT2D eigenvalue weighted by atomic mass is 9.83. The molecule has 1 aliphatic carbocycles. The van der Waals surface area contributed by atoms with Crippen LogP contribution in [-0.4, -0.2) is 17.4 Å². The minimum Gasteiger partial charge on any atom is -0.397 e. The molecular formula is C12H16ClN3O. The second-order valence-electron chi connectivity index (χ2n) is 4.45. The molecule has 0 aromatic carbocycles. The molecule has 1 aromatic rings. The van der Waals surface area contributed by atoms with Crippen LogP contribution >= 0.6 is 11.6 Å². The highest BCUT2D eigenvalue weighted by molar-refractivity contribution is 6.32. The minimum absolute atomic E-state index is 0.195. The number of anilines is 1. The average molecular weight is 254 g/mol. The van der Waals surface area contributed by atoms with Crippen LogP contribution < -0.4 is 11.1 Å². The first-order chi connectivity index (χ1) is 8.16. The van der Waals surface area contributed by atoms with Crippen LogP contribution in [0.1, 0.15) is 36.0 Å². The summed E-state index contributed by atoms with van der Waals surface area (Å²) >= 11 is 5.84. The fraction of sp³-hybridized carbons (Fsp3) is 0.500. The number of amides is 1. The van der Waals surface area contributed by atoms with Gasteiger partial charge in [0.1, 0.15) is 5.15 Å². The summed E-state index contributed by atoms with van der Waals surface area (Å²) in [6, 6.07) is 1.55. The van der Waals surface area contributed by atoms with E-state index < -0.39 is 0 Å². The molecule has 1 amide bonds. The molecule has 0 unspecified atom stereocenters. The van der Waals surface area contributed by atoms with E-state index in [9.17, 15) is 4.79 Å². The highest BCUT2D eigenvalue weighted by atomic mass is 35.5. The van der Waals surface area contributed by atoms with Crippen molar-refractivity contribution in [1.82, 2.24) is 10.3 Å². The van der Waals surface area contributed by atoms with E-state index in [2.05, 4.69) is 10.3 Å². The number of nitrogens with zero attached hydrogens (tertiary/aromatic N) is 1. The summed E-state index contributed by atoms with van der Waals surface area (Å²) in [6.45, 7) is 0.689. The SMILES string of the molecule is Nc1cnc(Cl)c(C(=O)NCCC2CCC2)c1. The van der Waals surface area contributed by atoms with Crippen LogP contribution in [0.5, 0.6) is 0 Å². The fourth-order valence-corrected chi connectivity index (χ4v) is 2.08. The van der Waals surface area contributed by atoms with Gasteiger partial charge in [-0.05, 0) is 18.4 Å². The van der Waals surface area contributed by atoms with Gasteiger partial charge in [-0.1, -0.05) is 30.9 Å². The maximum absolute atomic E-state index is 11.8. The third kappa shape index (κ3) is 3.09. The van der Waals surface area contributed by atoms with Crippen molar-refractivity contribution < 1.29 is 4.79 Å². The molecule has 2 rings (SSSR count). The number of pyridine rings is 1. The third-order valence-corrected chi connectivity index (χ3v) is 3.47. The average Bonchev–Trinajstić information content (AvgIpc) is 2.25. The van der Waals surface area contributed by atoms with Gasteiger partial charge < -0.3 is 11.1 Å². The van der Waals surface area contributed by atoms with Crippen molar-refractivity contribution in [3.8, 4) is 0 Å². The maximum atomic E-state index is 11.8. The molecule has 92 valence electrons. The van der Waals surface area contributed by atoms with Crippen molar-refractivity contribution in [3.63, 3.8) is 0 Å². The molecule has 0 aliphatic heterocycles. The van der Waals surface area contributed by atoms with Crippen LogP contribution in [0.25, 0.3) is 0 Å². The van der Waals surface area contributed by atoms with Crippen LogP contribution in [0.4, 0.5) is 5.69 Å². The van der Waals surface area contributed by atoms with Crippen LogP contribution in [-0.2, 0) is 0 Å². The summed E-state index contributed by atoms with van der Waals surface area (Å²) < 4.78 is 0. The summed E-state index contributed by atoms with van der Waals surface area (Å²) in [4.78, 5) is 15.7. The summed E-state index contributed by atoms with van der Waals surface area (Å²) in [6.07, 6.45) is 6.38. The molecule has 0 bridgehead atoms. The Morgan fingerprint density at radius 1 is 1.59 bits per heavy atom. The molecular weight excluding hydrogens is 238 g/mol. The van der Waals surface area contributed by atoms with Crippen molar-refractivity contribution >= 4 is 23.2 Å². The van der Waals surface area contributed by atoms with Gasteiger partial charge in [0, 0.05) is 6.54 Å². The van der Waals surface area contributed by atoms with E-state index in [-0.39, 0.29) is 11.1 Å². The Balaban J connectivity index is 1.87. The molecule has 1 aliphatic rings. The summed E-state index contributed by atoms with van der Waals surface area (Å²) in [5.41, 5.74) is 6.36. The van der Waals surface area contributed by atoms with Gasteiger partial charge in [0.25, 0.3) is 5.91 Å². The number of nitrogens with two attached hydrogens (primary N) is 1. The van der Waals surface area contributed by atoms with Gasteiger partial charge in [-0.15, -0.1) is 0 Å².